The number of hydrogen-bond donors (Lipinski definition) is 1. The molecule has 1 N–H and O–H groups in total. The zero-order chi connectivity index (χ0) is 11.2. The van der Waals surface area contributed by atoms with Crippen molar-refractivity contribution in [3.05, 3.63) is 22.4 Å². The van der Waals surface area contributed by atoms with Crippen molar-refractivity contribution in [1.82, 2.24) is 5.32 Å². The minimum Gasteiger partial charge on any atom is -0.378 e. The normalized spacial score (nSPS) is 22.4. The van der Waals surface area contributed by atoms with Gasteiger partial charge in [-0.15, -0.1) is 11.3 Å². The molecule has 1 aromatic rings. The van der Waals surface area contributed by atoms with E-state index in [1.165, 1.54) is 17.7 Å². The first-order valence-corrected chi connectivity index (χ1v) is 7.10. The minimum atomic E-state index is 0.504. The Labute approximate surface area is 102 Å². The first-order chi connectivity index (χ1) is 7.84. The first kappa shape index (κ1) is 12.1. The Balaban J connectivity index is 1.58. The van der Waals surface area contributed by atoms with E-state index >= 15 is 0 Å². The predicted molar refractivity (Wildman–Crippen MR) is 69.1 cm³/mol. The molecular weight excluding hydrogens is 218 g/mol. The van der Waals surface area contributed by atoms with E-state index in [1.54, 1.807) is 0 Å². The summed E-state index contributed by atoms with van der Waals surface area (Å²) in [4.78, 5) is 1.47. The zero-order valence-electron chi connectivity index (χ0n) is 9.95. The maximum absolute atomic E-state index is 5.64. The van der Waals surface area contributed by atoms with Crippen LogP contribution in [-0.4, -0.2) is 25.3 Å². The third kappa shape index (κ3) is 3.89. The monoisotopic (exact) mass is 239 g/mol. The summed E-state index contributed by atoms with van der Waals surface area (Å²) >= 11 is 1.84. The molecule has 2 unspecified atom stereocenters. The largest absolute Gasteiger partial charge is 0.378 e. The standard InChI is InChI=1S/C13H21NOS/c1-11(10-12-4-2-8-15-12)14-7-6-13-5-3-9-16-13/h3,5,9,11-12,14H,2,4,6-8,10H2,1H3. The lowest BCUT2D eigenvalue weighted by Crippen LogP contribution is -2.31. The Morgan fingerprint density at radius 1 is 1.62 bits per heavy atom. The van der Waals surface area contributed by atoms with Gasteiger partial charge in [0.1, 0.15) is 0 Å². The van der Waals surface area contributed by atoms with Crippen LogP contribution >= 0.6 is 11.3 Å². The van der Waals surface area contributed by atoms with Gasteiger partial charge in [0.15, 0.2) is 0 Å². The fourth-order valence-electron chi connectivity index (χ4n) is 2.20. The van der Waals surface area contributed by atoms with E-state index in [0.29, 0.717) is 12.1 Å². The second-order valence-corrected chi connectivity index (χ2v) is 5.59. The summed E-state index contributed by atoms with van der Waals surface area (Å²) in [6, 6.07) is 4.90. The van der Waals surface area contributed by atoms with Gasteiger partial charge in [-0.05, 0) is 44.1 Å². The van der Waals surface area contributed by atoms with Crippen molar-refractivity contribution in [2.75, 3.05) is 13.2 Å². The molecule has 0 spiro atoms. The molecule has 0 amide bonds. The number of thiophene rings is 1. The molecule has 0 saturated carbocycles. The van der Waals surface area contributed by atoms with Crippen LogP contribution in [0.15, 0.2) is 17.5 Å². The molecule has 2 rings (SSSR count). The molecule has 0 aromatic carbocycles. The number of nitrogens with one attached hydrogen (secondary N) is 1. The van der Waals surface area contributed by atoms with E-state index < -0.39 is 0 Å². The molecule has 1 aliphatic heterocycles. The van der Waals surface area contributed by atoms with Crippen LogP contribution < -0.4 is 5.32 Å². The van der Waals surface area contributed by atoms with Gasteiger partial charge in [0.2, 0.25) is 0 Å². The van der Waals surface area contributed by atoms with Crippen LogP contribution in [0.3, 0.4) is 0 Å². The van der Waals surface area contributed by atoms with Gasteiger partial charge in [-0.2, -0.15) is 0 Å². The first-order valence-electron chi connectivity index (χ1n) is 6.22. The fraction of sp³-hybridized carbons (Fsp3) is 0.692. The summed E-state index contributed by atoms with van der Waals surface area (Å²) in [5.41, 5.74) is 0. The van der Waals surface area contributed by atoms with Gasteiger partial charge < -0.3 is 10.1 Å². The van der Waals surface area contributed by atoms with E-state index in [0.717, 1.165) is 26.0 Å². The third-order valence-electron chi connectivity index (χ3n) is 3.08. The highest BCUT2D eigenvalue weighted by atomic mass is 32.1. The van der Waals surface area contributed by atoms with Crippen molar-refractivity contribution in [2.45, 2.75) is 44.8 Å². The lowest BCUT2D eigenvalue weighted by Gasteiger charge is -2.17. The maximum Gasteiger partial charge on any atom is 0.0590 e. The number of rotatable bonds is 6. The second kappa shape index (κ2) is 6.38. The summed E-state index contributed by atoms with van der Waals surface area (Å²) in [5.74, 6) is 0. The summed E-state index contributed by atoms with van der Waals surface area (Å²) in [6.45, 7) is 4.30. The molecule has 1 aliphatic rings. The lowest BCUT2D eigenvalue weighted by molar-refractivity contribution is 0.0964. The van der Waals surface area contributed by atoms with Gasteiger partial charge in [0.25, 0.3) is 0 Å². The quantitative estimate of drug-likeness (QED) is 0.824. The molecule has 0 radical (unpaired) electrons. The van der Waals surface area contributed by atoms with Crippen LogP contribution in [-0.2, 0) is 11.2 Å². The second-order valence-electron chi connectivity index (χ2n) is 4.56. The van der Waals surface area contributed by atoms with Crippen LogP contribution in [0, 0.1) is 0 Å². The molecule has 3 heteroatoms. The number of hydrogen-bond acceptors (Lipinski definition) is 3. The van der Waals surface area contributed by atoms with Crippen molar-refractivity contribution in [3.63, 3.8) is 0 Å². The molecular formula is C13H21NOS. The summed E-state index contributed by atoms with van der Waals surface area (Å²) in [5, 5.41) is 5.72. The SMILES string of the molecule is CC(CC1CCCO1)NCCc1cccs1. The molecule has 1 fully saturated rings. The van der Waals surface area contributed by atoms with Crippen LogP contribution in [0.5, 0.6) is 0 Å². The van der Waals surface area contributed by atoms with E-state index in [4.69, 9.17) is 4.74 Å². The van der Waals surface area contributed by atoms with Crippen LogP contribution in [0.4, 0.5) is 0 Å². The van der Waals surface area contributed by atoms with Crippen LogP contribution in [0.1, 0.15) is 31.1 Å². The highest BCUT2D eigenvalue weighted by molar-refractivity contribution is 7.09. The number of ether oxygens (including phenoxy) is 1. The lowest BCUT2D eigenvalue weighted by atomic mass is 10.1. The summed E-state index contributed by atoms with van der Waals surface area (Å²) < 4.78 is 5.64. The van der Waals surface area contributed by atoms with Crippen LogP contribution in [0.2, 0.25) is 0 Å². The molecule has 2 nitrogen and oxygen atoms in total. The Kier molecular flexibility index (Phi) is 4.82. The topological polar surface area (TPSA) is 21.3 Å². The molecule has 0 aliphatic carbocycles. The van der Waals surface area contributed by atoms with E-state index in [9.17, 15) is 0 Å². The van der Waals surface area contributed by atoms with Gasteiger partial charge in [0, 0.05) is 24.1 Å². The van der Waals surface area contributed by atoms with Gasteiger partial charge in [-0.1, -0.05) is 6.07 Å². The van der Waals surface area contributed by atoms with E-state index in [2.05, 4.69) is 29.8 Å². The average molecular weight is 239 g/mol. The molecule has 16 heavy (non-hydrogen) atoms. The molecule has 0 bridgehead atoms. The Bertz CT molecular complexity index is 280. The smallest absolute Gasteiger partial charge is 0.0590 e. The highest BCUT2D eigenvalue weighted by Crippen LogP contribution is 2.16. The van der Waals surface area contributed by atoms with Gasteiger partial charge in [-0.25, -0.2) is 0 Å². The summed E-state index contributed by atoms with van der Waals surface area (Å²) in [7, 11) is 0. The van der Waals surface area contributed by atoms with Gasteiger partial charge >= 0.3 is 0 Å². The predicted octanol–water partition coefficient (Wildman–Crippen LogP) is 2.84. The Morgan fingerprint density at radius 3 is 3.25 bits per heavy atom. The van der Waals surface area contributed by atoms with Crippen molar-refractivity contribution < 1.29 is 4.74 Å². The van der Waals surface area contributed by atoms with E-state index in [1.807, 2.05) is 11.3 Å². The molecule has 1 saturated heterocycles. The van der Waals surface area contributed by atoms with Gasteiger partial charge in [-0.3, -0.25) is 0 Å². The van der Waals surface area contributed by atoms with E-state index in [-0.39, 0.29) is 0 Å². The molecule has 2 atom stereocenters. The Hall–Kier alpha value is -0.380. The van der Waals surface area contributed by atoms with Gasteiger partial charge in [0.05, 0.1) is 6.10 Å². The highest BCUT2D eigenvalue weighted by Gasteiger charge is 2.17. The summed E-state index contributed by atoms with van der Waals surface area (Å²) in [6.07, 6.45) is 5.30. The zero-order valence-corrected chi connectivity index (χ0v) is 10.8. The molecule has 90 valence electrons. The average Bonchev–Trinajstić information content (AvgIpc) is 2.90. The van der Waals surface area contributed by atoms with Crippen molar-refractivity contribution in [1.29, 1.82) is 0 Å². The molecule has 1 aromatic heterocycles. The minimum absolute atomic E-state index is 0.504. The van der Waals surface area contributed by atoms with Crippen LogP contribution in [0.25, 0.3) is 0 Å². The Morgan fingerprint density at radius 2 is 2.56 bits per heavy atom. The fourth-order valence-corrected chi connectivity index (χ4v) is 2.91. The molecule has 2 heterocycles. The third-order valence-corrected chi connectivity index (χ3v) is 4.02. The van der Waals surface area contributed by atoms with Crippen molar-refractivity contribution >= 4 is 11.3 Å². The maximum atomic E-state index is 5.64. The van der Waals surface area contributed by atoms with Crippen molar-refractivity contribution in [3.8, 4) is 0 Å². The van der Waals surface area contributed by atoms with Crippen molar-refractivity contribution in [2.24, 2.45) is 0 Å².